The van der Waals surface area contributed by atoms with Crippen LogP contribution in [0.2, 0.25) is 0 Å². The fourth-order valence-electron chi connectivity index (χ4n) is 1.84. The SMILES string of the molecule is Cc1ccc(C)c(Sc2nc(N)nc3sccc23)c1. The Hall–Kier alpha value is -1.59. The highest BCUT2D eigenvalue weighted by atomic mass is 32.2. The van der Waals surface area contributed by atoms with E-state index >= 15 is 0 Å². The van der Waals surface area contributed by atoms with Gasteiger partial charge in [0.25, 0.3) is 0 Å². The van der Waals surface area contributed by atoms with Gasteiger partial charge >= 0.3 is 0 Å². The van der Waals surface area contributed by atoms with Crippen LogP contribution in [0.3, 0.4) is 0 Å². The first-order valence-corrected chi connectivity index (χ1v) is 7.59. The van der Waals surface area contributed by atoms with Crippen LogP contribution in [0.1, 0.15) is 11.1 Å². The van der Waals surface area contributed by atoms with E-state index in [1.165, 1.54) is 16.0 Å². The van der Waals surface area contributed by atoms with Gasteiger partial charge in [-0.3, -0.25) is 0 Å². The number of hydrogen-bond acceptors (Lipinski definition) is 5. The van der Waals surface area contributed by atoms with Crippen molar-refractivity contribution in [1.29, 1.82) is 0 Å². The maximum atomic E-state index is 5.78. The van der Waals surface area contributed by atoms with Crippen LogP contribution in [-0.4, -0.2) is 9.97 Å². The normalized spacial score (nSPS) is 11.1. The second-order valence-electron chi connectivity index (χ2n) is 4.40. The zero-order valence-corrected chi connectivity index (χ0v) is 12.3. The molecule has 5 heteroatoms. The molecule has 0 saturated carbocycles. The second kappa shape index (κ2) is 4.83. The molecule has 0 bridgehead atoms. The van der Waals surface area contributed by atoms with E-state index in [4.69, 9.17) is 5.73 Å². The number of thiophene rings is 1. The van der Waals surface area contributed by atoms with Gasteiger partial charge in [0.1, 0.15) is 9.86 Å². The van der Waals surface area contributed by atoms with Crippen molar-refractivity contribution in [2.45, 2.75) is 23.8 Å². The molecule has 19 heavy (non-hydrogen) atoms. The summed E-state index contributed by atoms with van der Waals surface area (Å²) in [4.78, 5) is 10.8. The first-order chi connectivity index (χ1) is 9.13. The maximum Gasteiger partial charge on any atom is 0.222 e. The molecule has 0 saturated heterocycles. The average molecular weight is 287 g/mol. The van der Waals surface area contributed by atoms with Crippen LogP contribution in [0.15, 0.2) is 39.6 Å². The van der Waals surface area contributed by atoms with Crippen LogP contribution in [0.25, 0.3) is 10.2 Å². The minimum atomic E-state index is 0.336. The van der Waals surface area contributed by atoms with Crippen molar-refractivity contribution in [3.05, 3.63) is 40.8 Å². The first kappa shape index (κ1) is 12.4. The molecule has 2 aromatic heterocycles. The second-order valence-corrected chi connectivity index (χ2v) is 6.32. The van der Waals surface area contributed by atoms with E-state index in [0.29, 0.717) is 5.95 Å². The van der Waals surface area contributed by atoms with Gasteiger partial charge in [0.05, 0.1) is 0 Å². The molecule has 0 unspecified atom stereocenters. The van der Waals surface area contributed by atoms with Gasteiger partial charge in [0, 0.05) is 10.3 Å². The Bertz CT molecular complexity index is 750. The number of benzene rings is 1. The molecular weight excluding hydrogens is 274 g/mol. The van der Waals surface area contributed by atoms with Crippen LogP contribution in [0.5, 0.6) is 0 Å². The smallest absolute Gasteiger partial charge is 0.222 e. The Morgan fingerprint density at radius 1 is 1.16 bits per heavy atom. The molecule has 2 N–H and O–H groups in total. The highest BCUT2D eigenvalue weighted by molar-refractivity contribution is 7.99. The monoisotopic (exact) mass is 287 g/mol. The number of aryl methyl sites for hydroxylation is 2. The number of fused-ring (bicyclic) bond motifs is 1. The van der Waals surface area contributed by atoms with E-state index in [1.54, 1.807) is 23.1 Å². The lowest BCUT2D eigenvalue weighted by molar-refractivity contribution is 1.12. The lowest BCUT2D eigenvalue weighted by atomic mass is 10.2. The van der Waals surface area contributed by atoms with Gasteiger partial charge in [-0.1, -0.05) is 23.9 Å². The van der Waals surface area contributed by atoms with E-state index in [-0.39, 0.29) is 0 Å². The molecule has 0 spiro atoms. The zero-order chi connectivity index (χ0) is 13.4. The molecule has 0 atom stereocenters. The van der Waals surface area contributed by atoms with E-state index < -0.39 is 0 Å². The summed E-state index contributed by atoms with van der Waals surface area (Å²) in [5.41, 5.74) is 8.27. The third kappa shape index (κ3) is 2.43. The highest BCUT2D eigenvalue weighted by Crippen LogP contribution is 2.35. The Morgan fingerprint density at radius 2 is 2.00 bits per heavy atom. The Morgan fingerprint density at radius 3 is 2.84 bits per heavy atom. The van der Waals surface area contributed by atoms with Crippen molar-refractivity contribution >= 4 is 39.3 Å². The summed E-state index contributed by atoms with van der Waals surface area (Å²) >= 11 is 3.24. The number of aromatic nitrogens is 2. The molecule has 3 rings (SSSR count). The third-order valence-corrected chi connectivity index (χ3v) is 4.83. The highest BCUT2D eigenvalue weighted by Gasteiger charge is 2.10. The van der Waals surface area contributed by atoms with Crippen molar-refractivity contribution in [2.24, 2.45) is 0 Å². The number of rotatable bonds is 2. The van der Waals surface area contributed by atoms with Gasteiger partial charge < -0.3 is 5.73 Å². The standard InChI is InChI=1S/C14H13N3S2/c1-8-3-4-9(2)11(7-8)19-13-10-5-6-18-12(10)16-14(15)17-13/h3-7H,1-2H3,(H2,15,16,17). The van der Waals surface area contributed by atoms with Gasteiger partial charge in [-0.05, 0) is 42.5 Å². The summed E-state index contributed by atoms with van der Waals surface area (Å²) < 4.78 is 0. The molecule has 0 aliphatic carbocycles. The number of hydrogen-bond donors (Lipinski definition) is 1. The maximum absolute atomic E-state index is 5.78. The average Bonchev–Trinajstić information content (AvgIpc) is 2.82. The lowest BCUT2D eigenvalue weighted by Crippen LogP contribution is -1.95. The minimum absolute atomic E-state index is 0.336. The largest absolute Gasteiger partial charge is 0.368 e. The van der Waals surface area contributed by atoms with Gasteiger partial charge in [0.15, 0.2) is 0 Å². The molecule has 0 aliphatic heterocycles. The van der Waals surface area contributed by atoms with Crippen molar-refractivity contribution in [3.63, 3.8) is 0 Å². The molecule has 0 radical (unpaired) electrons. The van der Waals surface area contributed by atoms with Gasteiger partial charge in [0.2, 0.25) is 5.95 Å². The molecule has 2 heterocycles. The number of nitrogens with zero attached hydrogens (tertiary/aromatic N) is 2. The third-order valence-electron chi connectivity index (χ3n) is 2.86. The molecule has 0 fully saturated rings. The molecule has 0 aliphatic rings. The molecular formula is C14H13N3S2. The molecule has 0 amide bonds. The Labute approximate surface area is 119 Å². The fourth-order valence-corrected chi connectivity index (χ4v) is 3.77. The van der Waals surface area contributed by atoms with Crippen LogP contribution < -0.4 is 5.73 Å². The van der Waals surface area contributed by atoms with Gasteiger partial charge in [-0.25, -0.2) is 9.97 Å². The Kier molecular flexibility index (Phi) is 3.16. The summed E-state index contributed by atoms with van der Waals surface area (Å²) in [5.74, 6) is 0.336. The van der Waals surface area contributed by atoms with Crippen molar-refractivity contribution in [1.82, 2.24) is 9.97 Å². The number of nitrogens with two attached hydrogens (primary N) is 1. The Balaban J connectivity index is 2.10. The summed E-state index contributed by atoms with van der Waals surface area (Å²) in [6.07, 6.45) is 0. The predicted octanol–water partition coefficient (Wildman–Crippen LogP) is 4.04. The zero-order valence-electron chi connectivity index (χ0n) is 10.7. The number of nitrogen functional groups attached to an aromatic ring is 1. The molecule has 1 aromatic carbocycles. The van der Waals surface area contributed by atoms with Crippen molar-refractivity contribution in [2.75, 3.05) is 5.73 Å². The first-order valence-electron chi connectivity index (χ1n) is 5.89. The predicted molar refractivity (Wildman–Crippen MR) is 81.9 cm³/mol. The van der Waals surface area contributed by atoms with Crippen LogP contribution in [0, 0.1) is 13.8 Å². The van der Waals surface area contributed by atoms with E-state index in [9.17, 15) is 0 Å². The van der Waals surface area contributed by atoms with Crippen molar-refractivity contribution in [3.8, 4) is 0 Å². The van der Waals surface area contributed by atoms with E-state index in [0.717, 1.165) is 15.2 Å². The molecule has 3 aromatic rings. The lowest BCUT2D eigenvalue weighted by Gasteiger charge is -2.07. The summed E-state index contributed by atoms with van der Waals surface area (Å²) in [5, 5.41) is 4.02. The quantitative estimate of drug-likeness (QED) is 0.723. The van der Waals surface area contributed by atoms with Crippen LogP contribution in [-0.2, 0) is 0 Å². The minimum Gasteiger partial charge on any atom is -0.368 e. The van der Waals surface area contributed by atoms with Crippen molar-refractivity contribution < 1.29 is 0 Å². The molecule has 96 valence electrons. The van der Waals surface area contributed by atoms with E-state index in [2.05, 4.69) is 42.0 Å². The topological polar surface area (TPSA) is 51.8 Å². The number of anilines is 1. The summed E-state index contributed by atoms with van der Waals surface area (Å²) in [6, 6.07) is 8.48. The van der Waals surface area contributed by atoms with Crippen LogP contribution >= 0.6 is 23.1 Å². The van der Waals surface area contributed by atoms with Gasteiger partial charge in [-0.2, -0.15) is 0 Å². The fraction of sp³-hybridized carbons (Fsp3) is 0.143. The summed E-state index contributed by atoms with van der Waals surface area (Å²) in [6.45, 7) is 4.20. The van der Waals surface area contributed by atoms with E-state index in [1.807, 2.05) is 11.4 Å². The van der Waals surface area contributed by atoms with Gasteiger partial charge in [-0.15, -0.1) is 11.3 Å². The van der Waals surface area contributed by atoms with Crippen LogP contribution in [0.4, 0.5) is 5.95 Å². The molecule has 3 nitrogen and oxygen atoms in total. The summed E-state index contributed by atoms with van der Waals surface area (Å²) in [7, 11) is 0.